The number of alkyl halides is 1. The van der Waals surface area contributed by atoms with Crippen LogP contribution in [0, 0.1) is 0 Å². The van der Waals surface area contributed by atoms with Gasteiger partial charge in [-0.1, -0.05) is 34.1 Å². The summed E-state index contributed by atoms with van der Waals surface area (Å²) in [6.45, 7) is 0. The van der Waals surface area contributed by atoms with Crippen LogP contribution in [0.2, 0.25) is 0 Å². The fraction of sp³-hybridized carbons (Fsp3) is 0.562. The molecule has 1 saturated heterocycles. The van der Waals surface area contributed by atoms with E-state index in [1.165, 1.54) is 19.2 Å². The van der Waals surface area contributed by atoms with Gasteiger partial charge < -0.3 is 14.2 Å². The van der Waals surface area contributed by atoms with Gasteiger partial charge >= 0.3 is 5.97 Å². The molecule has 2 rings (SSSR count). The Hall–Kier alpha value is -1.09. The number of rotatable bonds is 8. The molecule has 0 unspecified atom stereocenters. The molecule has 0 N–H and O–H groups in total. The number of hydrogen-bond donors (Lipinski definition) is 0. The zero-order chi connectivity index (χ0) is 21.8. The van der Waals surface area contributed by atoms with E-state index in [4.69, 9.17) is 22.6 Å². The molecule has 0 bridgehead atoms. The van der Waals surface area contributed by atoms with Gasteiger partial charge in [0.1, 0.15) is 12.2 Å². The summed E-state index contributed by atoms with van der Waals surface area (Å²) in [5.41, 5.74) is 0.202. The molecular formula is C16H21BrO10S2. The third kappa shape index (κ3) is 6.98. The third-order valence-electron chi connectivity index (χ3n) is 3.80. The van der Waals surface area contributed by atoms with Crippen LogP contribution in [0.5, 0.6) is 0 Å². The maximum Gasteiger partial charge on any atom is 0.338 e. The summed E-state index contributed by atoms with van der Waals surface area (Å²) in [6, 6.07) is 7.96. The number of carbonyl (C=O) groups is 1. The van der Waals surface area contributed by atoms with Crippen molar-refractivity contribution in [2.24, 2.45) is 0 Å². The van der Waals surface area contributed by atoms with Gasteiger partial charge in [0.15, 0.2) is 18.5 Å². The smallest absolute Gasteiger partial charge is 0.338 e. The average Bonchev–Trinajstić information content (AvgIpc) is 2.63. The summed E-state index contributed by atoms with van der Waals surface area (Å²) in [5.74, 6) is -0.777. The molecular weight excluding hydrogens is 496 g/mol. The number of carbonyl (C=O) groups excluding carboxylic acids is 1. The lowest BCUT2D eigenvalue weighted by molar-refractivity contribution is -0.272. The van der Waals surface area contributed by atoms with Gasteiger partial charge in [-0.05, 0) is 12.1 Å². The SMILES string of the molecule is CO[C@H]1O[C@H](CBr)[C@@H](OC(=O)c2ccccc2)[C@H](OS(C)(=O)=O)[C@H]1OS(C)(=O)=O. The van der Waals surface area contributed by atoms with Crippen molar-refractivity contribution in [3.63, 3.8) is 0 Å². The minimum absolute atomic E-state index is 0.106. The monoisotopic (exact) mass is 516 g/mol. The van der Waals surface area contributed by atoms with E-state index in [0.29, 0.717) is 0 Å². The standard InChI is InChI=1S/C16H21BrO10S2/c1-23-16-14(27-29(3,21)22)13(26-28(2,19)20)12(11(9-17)24-16)25-15(18)10-7-5-4-6-8-10/h4-8,11-14,16H,9H2,1-3H3/t11-,12-,13+,14-,16+/m1/s1. The number of benzene rings is 1. The van der Waals surface area contributed by atoms with Crippen molar-refractivity contribution in [2.45, 2.75) is 30.7 Å². The van der Waals surface area contributed by atoms with Crippen LogP contribution < -0.4 is 0 Å². The molecule has 1 aromatic carbocycles. The predicted octanol–water partition coefficient (Wildman–Crippen LogP) is 0.668. The first kappa shape index (κ1) is 24.2. The fourth-order valence-electron chi connectivity index (χ4n) is 2.72. The summed E-state index contributed by atoms with van der Waals surface area (Å²) in [4.78, 5) is 12.5. The summed E-state index contributed by atoms with van der Waals surface area (Å²) >= 11 is 3.21. The summed E-state index contributed by atoms with van der Waals surface area (Å²) in [6.07, 6.45) is -5.08. The first-order valence-corrected chi connectivity index (χ1v) is 13.0. The highest BCUT2D eigenvalue weighted by molar-refractivity contribution is 9.09. The Morgan fingerprint density at radius 1 is 1.00 bits per heavy atom. The van der Waals surface area contributed by atoms with Crippen molar-refractivity contribution in [1.29, 1.82) is 0 Å². The highest BCUT2D eigenvalue weighted by Crippen LogP contribution is 2.31. The Balaban J connectivity index is 2.45. The van der Waals surface area contributed by atoms with Crippen molar-refractivity contribution < 1.29 is 44.2 Å². The van der Waals surface area contributed by atoms with Crippen molar-refractivity contribution in [2.75, 3.05) is 25.0 Å². The molecule has 1 heterocycles. The molecule has 1 aromatic rings. The Morgan fingerprint density at radius 2 is 1.55 bits per heavy atom. The van der Waals surface area contributed by atoms with Crippen molar-refractivity contribution in [3.8, 4) is 0 Å². The molecule has 0 spiro atoms. The number of esters is 1. The predicted molar refractivity (Wildman–Crippen MR) is 105 cm³/mol. The second-order valence-corrected chi connectivity index (χ2v) is 10.0. The lowest BCUT2D eigenvalue weighted by Crippen LogP contribution is -2.62. The van der Waals surface area contributed by atoms with Crippen molar-refractivity contribution >= 4 is 42.1 Å². The largest absolute Gasteiger partial charge is 0.453 e. The van der Waals surface area contributed by atoms with Crippen LogP contribution in [0.25, 0.3) is 0 Å². The Bertz CT molecular complexity index is 903. The van der Waals surface area contributed by atoms with Gasteiger partial charge in [-0.3, -0.25) is 8.37 Å². The zero-order valence-corrected chi connectivity index (χ0v) is 19.0. The molecule has 0 amide bonds. The van der Waals surface area contributed by atoms with E-state index < -0.39 is 56.9 Å². The number of ether oxygens (including phenoxy) is 3. The normalized spacial score (nSPS) is 28.1. The van der Waals surface area contributed by atoms with Crippen LogP contribution in [0.4, 0.5) is 0 Å². The minimum atomic E-state index is -4.10. The minimum Gasteiger partial charge on any atom is -0.453 e. The molecule has 1 aliphatic heterocycles. The van der Waals surface area contributed by atoms with Gasteiger partial charge in [0.25, 0.3) is 20.2 Å². The number of halogens is 1. The van der Waals surface area contributed by atoms with E-state index in [9.17, 15) is 21.6 Å². The van der Waals surface area contributed by atoms with E-state index in [-0.39, 0.29) is 10.9 Å². The average molecular weight is 517 g/mol. The maximum absolute atomic E-state index is 12.5. The molecule has 164 valence electrons. The van der Waals surface area contributed by atoms with Gasteiger partial charge in [-0.15, -0.1) is 0 Å². The van der Waals surface area contributed by atoms with E-state index in [1.54, 1.807) is 18.2 Å². The molecule has 1 aliphatic rings. The third-order valence-corrected chi connectivity index (χ3v) is 5.58. The first-order valence-electron chi connectivity index (χ1n) is 8.22. The second-order valence-electron chi connectivity index (χ2n) is 6.20. The lowest BCUT2D eigenvalue weighted by atomic mass is 9.99. The summed E-state index contributed by atoms with van der Waals surface area (Å²) in [7, 11) is -6.95. The van der Waals surface area contributed by atoms with E-state index in [2.05, 4.69) is 15.9 Å². The number of hydrogen-bond acceptors (Lipinski definition) is 10. The van der Waals surface area contributed by atoms with E-state index in [1.807, 2.05) is 0 Å². The quantitative estimate of drug-likeness (QED) is 0.275. The van der Waals surface area contributed by atoms with Crippen LogP contribution in [-0.2, 0) is 42.8 Å². The molecule has 1 fully saturated rings. The molecule has 0 radical (unpaired) electrons. The molecule has 29 heavy (non-hydrogen) atoms. The molecule has 13 heteroatoms. The van der Waals surface area contributed by atoms with Crippen LogP contribution in [-0.4, -0.2) is 78.5 Å². The molecule has 0 saturated carbocycles. The Labute approximate surface area is 177 Å². The van der Waals surface area contributed by atoms with E-state index >= 15 is 0 Å². The second kappa shape index (κ2) is 9.81. The maximum atomic E-state index is 12.5. The van der Waals surface area contributed by atoms with Crippen LogP contribution >= 0.6 is 15.9 Å². The van der Waals surface area contributed by atoms with Gasteiger partial charge in [-0.25, -0.2) is 4.79 Å². The molecule has 5 atom stereocenters. The topological polar surface area (TPSA) is 132 Å². The zero-order valence-electron chi connectivity index (χ0n) is 15.8. The van der Waals surface area contributed by atoms with E-state index in [0.717, 1.165) is 12.5 Å². The summed E-state index contributed by atoms with van der Waals surface area (Å²) in [5, 5.41) is 0.106. The van der Waals surface area contributed by atoms with Gasteiger partial charge in [0.2, 0.25) is 0 Å². The molecule has 0 aromatic heterocycles. The van der Waals surface area contributed by atoms with Crippen molar-refractivity contribution in [1.82, 2.24) is 0 Å². The van der Waals surface area contributed by atoms with Crippen LogP contribution in [0.3, 0.4) is 0 Å². The van der Waals surface area contributed by atoms with Gasteiger partial charge in [-0.2, -0.15) is 16.8 Å². The van der Waals surface area contributed by atoms with Crippen LogP contribution in [0.15, 0.2) is 30.3 Å². The Morgan fingerprint density at radius 3 is 2.03 bits per heavy atom. The highest BCUT2D eigenvalue weighted by Gasteiger charge is 2.52. The molecule has 0 aliphatic carbocycles. The van der Waals surface area contributed by atoms with Gasteiger partial charge in [0.05, 0.1) is 18.1 Å². The summed E-state index contributed by atoms with van der Waals surface area (Å²) < 4.78 is 73.4. The first-order chi connectivity index (χ1) is 13.4. The fourth-order valence-corrected chi connectivity index (χ4v) is 4.46. The van der Waals surface area contributed by atoms with Crippen LogP contribution in [0.1, 0.15) is 10.4 Å². The number of methoxy groups -OCH3 is 1. The highest BCUT2D eigenvalue weighted by atomic mass is 79.9. The lowest BCUT2D eigenvalue weighted by Gasteiger charge is -2.43. The molecule has 10 nitrogen and oxygen atoms in total. The Kier molecular flexibility index (Phi) is 8.18. The van der Waals surface area contributed by atoms with Crippen molar-refractivity contribution in [3.05, 3.63) is 35.9 Å². The van der Waals surface area contributed by atoms with Gasteiger partial charge in [0, 0.05) is 12.4 Å².